The zero-order chi connectivity index (χ0) is 15.5. The first-order chi connectivity index (χ1) is 10.7. The molecule has 2 aromatic rings. The Bertz CT molecular complexity index is 646. The average molecular weight is 299 g/mol. The van der Waals surface area contributed by atoms with Crippen LogP contribution in [0.15, 0.2) is 30.6 Å². The SMILES string of the molecule is CCc1c(C(=O)N(C)C2CCNC2)cnn1-c1ccccn1. The Hall–Kier alpha value is -2.21. The quantitative estimate of drug-likeness (QED) is 0.923. The van der Waals surface area contributed by atoms with Crippen LogP contribution in [0.3, 0.4) is 0 Å². The Morgan fingerprint density at radius 2 is 2.36 bits per heavy atom. The van der Waals surface area contributed by atoms with Crippen molar-refractivity contribution < 1.29 is 4.79 Å². The molecule has 1 aliphatic rings. The number of rotatable bonds is 4. The van der Waals surface area contributed by atoms with Crippen molar-refractivity contribution in [1.29, 1.82) is 0 Å². The Kier molecular flexibility index (Phi) is 4.20. The van der Waals surface area contributed by atoms with Crippen LogP contribution in [0.1, 0.15) is 29.4 Å². The van der Waals surface area contributed by atoms with Crippen molar-refractivity contribution in [3.8, 4) is 5.82 Å². The average Bonchev–Trinajstić information content (AvgIpc) is 3.23. The number of carbonyl (C=O) groups excluding carboxylic acids is 1. The Balaban J connectivity index is 1.91. The highest BCUT2D eigenvalue weighted by molar-refractivity contribution is 5.95. The summed E-state index contributed by atoms with van der Waals surface area (Å²) in [5.41, 5.74) is 1.57. The third kappa shape index (κ3) is 2.62. The fourth-order valence-electron chi connectivity index (χ4n) is 2.89. The van der Waals surface area contributed by atoms with E-state index in [0.29, 0.717) is 5.56 Å². The van der Waals surface area contributed by atoms with Gasteiger partial charge in [-0.25, -0.2) is 9.67 Å². The van der Waals surface area contributed by atoms with Crippen LogP contribution >= 0.6 is 0 Å². The molecule has 1 N–H and O–H groups in total. The maximum atomic E-state index is 12.8. The molecule has 6 heteroatoms. The normalized spacial score (nSPS) is 17.6. The van der Waals surface area contributed by atoms with E-state index in [1.165, 1.54) is 0 Å². The van der Waals surface area contributed by atoms with Gasteiger partial charge in [0.05, 0.1) is 17.5 Å². The Labute approximate surface area is 130 Å². The number of hydrogen-bond donors (Lipinski definition) is 1. The van der Waals surface area contributed by atoms with Crippen LogP contribution in [-0.2, 0) is 6.42 Å². The summed E-state index contributed by atoms with van der Waals surface area (Å²) in [6.45, 7) is 3.86. The first-order valence-corrected chi connectivity index (χ1v) is 7.68. The van der Waals surface area contributed by atoms with Crippen LogP contribution < -0.4 is 5.32 Å². The summed E-state index contributed by atoms with van der Waals surface area (Å²) in [5.74, 6) is 0.774. The first kappa shape index (κ1) is 14.7. The van der Waals surface area contributed by atoms with E-state index >= 15 is 0 Å². The van der Waals surface area contributed by atoms with Crippen LogP contribution in [0.5, 0.6) is 0 Å². The van der Waals surface area contributed by atoms with Gasteiger partial charge < -0.3 is 10.2 Å². The first-order valence-electron chi connectivity index (χ1n) is 7.68. The van der Waals surface area contributed by atoms with Gasteiger partial charge in [0, 0.05) is 25.8 Å². The summed E-state index contributed by atoms with van der Waals surface area (Å²) in [7, 11) is 1.87. The van der Waals surface area contributed by atoms with Crippen molar-refractivity contribution in [3.05, 3.63) is 41.9 Å². The minimum Gasteiger partial charge on any atom is -0.337 e. The highest BCUT2D eigenvalue weighted by Gasteiger charge is 2.27. The lowest BCUT2D eigenvalue weighted by Gasteiger charge is -2.23. The molecule has 22 heavy (non-hydrogen) atoms. The number of nitrogens with zero attached hydrogens (tertiary/aromatic N) is 4. The number of aromatic nitrogens is 3. The maximum Gasteiger partial charge on any atom is 0.257 e. The van der Waals surface area contributed by atoms with E-state index in [9.17, 15) is 4.79 Å². The van der Waals surface area contributed by atoms with E-state index in [1.54, 1.807) is 17.1 Å². The van der Waals surface area contributed by atoms with E-state index in [-0.39, 0.29) is 11.9 Å². The number of nitrogens with one attached hydrogen (secondary N) is 1. The zero-order valence-electron chi connectivity index (χ0n) is 13.0. The number of carbonyl (C=O) groups is 1. The molecule has 1 unspecified atom stereocenters. The molecule has 6 nitrogen and oxygen atoms in total. The monoisotopic (exact) mass is 299 g/mol. The molecule has 0 bridgehead atoms. The molecule has 1 aliphatic heterocycles. The summed E-state index contributed by atoms with van der Waals surface area (Å²) in [4.78, 5) is 18.9. The minimum absolute atomic E-state index is 0.0349. The molecule has 0 radical (unpaired) electrons. The smallest absolute Gasteiger partial charge is 0.257 e. The molecule has 0 aromatic carbocycles. The molecule has 1 atom stereocenters. The third-order valence-corrected chi connectivity index (χ3v) is 4.20. The number of amides is 1. The van der Waals surface area contributed by atoms with Crippen molar-refractivity contribution in [2.24, 2.45) is 0 Å². The highest BCUT2D eigenvalue weighted by atomic mass is 16.2. The van der Waals surface area contributed by atoms with Crippen LogP contribution in [0.25, 0.3) is 5.82 Å². The minimum atomic E-state index is 0.0349. The van der Waals surface area contributed by atoms with Gasteiger partial charge in [0.1, 0.15) is 0 Å². The lowest BCUT2D eigenvalue weighted by molar-refractivity contribution is 0.0742. The Morgan fingerprint density at radius 1 is 1.50 bits per heavy atom. The lowest BCUT2D eigenvalue weighted by atomic mass is 10.1. The van der Waals surface area contributed by atoms with E-state index < -0.39 is 0 Å². The second-order valence-corrected chi connectivity index (χ2v) is 5.52. The molecule has 3 rings (SSSR count). The Morgan fingerprint density at radius 3 is 3.00 bits per heavy atom. The van der Waals surface area contributed by atoms with Crippen LogP contribution in [-0.4, -0.2) is 51.8 Å². The fourth-order valence-corrected chi connectivity index (χ4v) is 2.89. The molecular weight excluding hydrogens is 278 g/mol. The predicted molar refractivity (Wildman–Crippen MR) is 84.1 cm³/mol. The summed E-state index contributed by atoms with van der Waals surface area (Å²) in [5, 5.41) is 7.67. The molecule has 0 aliphatic carbocycles. The van der Waals surface area contributed by atoms with E-state index in [4.69, 9.17) is 0 Å². The highest BCUT2D eigenvalue weighted by Crippen LogP contribution is 2.18. The largest absolute Gasteiger partial charge is 0.337 e. The second-order valence-electron chi connectivity index (χ2n) is 5.52. The van der Waals surface area contributed by atoms with Gasteiger partial charge in [-0.1, -0.05) is 13.0 Å². The van der Waals surface area contributed by atoms with Gasteiger partial charge >= 0.3 is 0 Å². The van der Waals surface area contributed by atoms with E-state index in [1.807, 2.05) is 37.1 Å². The van der Waals surface area contributed by atoms with Crippen molar-refractivity contribution in [2.75, 3.05) is 20.1 Å². The molecule has 2 aromatic heterocycles. The van der Waals surface area contributed by atoms with Crippen molar-refractivity contribution >= 4 is 5.91 Å². The molecule has 1 fully saturated rings. The van der Waals surface area contributed by atoms with E-state index in [2.05, 4.69) is 15.4 Å². The lowest BCUT2D eigenvalue weighted by Crippen LogP contribution is -2.38. The standard InChI is InChI=1S/C16H21N5O/c1-3-14-13(16(22)20(2)12-7-9-17-10-12)11-19-21(14)15-6-4-5-8-18-15/h4-6,8,11-12,17H,3,7,9-10H2,1-2H3. The van der Waals surface area contributed by atoms with Gasteiger partial charge in [0.15, 0.2) is 5.82 Å². The molecule has 1 saturated heterocycles. The maximum absolute atomic E-state index is 12.8. The predicted octanol–water partition coefficient (Wildman–Crippen LogP) is 1.26. The van der Waals surface area contributed by atoms with Crippen molar-refractivity contribution in [1.82, 2.24) is 25.0 Å². The van der Waals surface area contributed by atoms with Gasteiger partial charge in [-0.05, 0) is 31.5 Å². The number of pyridine rings is 1. The van der Waals surface area contributed by atoms with Gasteiger partial charge in [0.2, 0.25) is 0 Å². The van der Waals surface area contributed by atoms with Crippen LogP contribution in [0, 0.1) is 0 Å². The topological polar surface area (TPSA) is 63.1 Å². The molecule has 3 heterocycles. The van der Waals surface area contributed by atoms with Gasteiger partial charge in [-0.3, -0.25) is 4.79 Å². The van der Waals surface area contributed by atoms with Crippen LogP contribution in [0.2, 0.25) is 0 Å². The third-order valence-electron chi connectivity index (χ3n) is 4.20. The molecule has 0 spiro atoms. The fraction of sp³-hybridized carbons (Fsp3) is 0.438. The van der Waals surface area contributed by atoms with Gasteiger partial charge in [0.25, 0.3) is 5.91 Å². The molecule has 1 amide bonds. The van der Waals surface area contributed by atoms with Crippen molar-refractivity contribution in [3.63, 3.8) is 0 Å². The zero-order valence-corrected chi connectivity index (χ0v) is 13.0. The van der Waals surface area contributed by atoms with Gasteiger partial charge in [-0.2, -0.15) is 5.10 Å². The van der Waals surface area contributed by atoms with E-state index in [0.717, 1.165) is 37.4 Å². The molecule has 0 saturated carbocycles. The van der Waals surface area contributed by atoms with Gasteiger partial charge in [-0.15, -0.1) is 0 Å². The summed E-state index contributed by atoms with van der Waals surface area (Å²) >= 11 is 0. The summed E-state index contributed by atoms with van der Waals surface area (Å²) in [6, 6.07) is 5.94. The molecule has 116 valence electrons. The summed E-state index contributed by atoms with van der Waals surface area (Å²) < 4.78 is 1.76. The summed E-state index contributed by atoms with van der Waals surface area (Å²) in [6.07, 6.45) is 5.12. The van der Waals surface area contributed by atoms with Crippen LogP contribution in [0.4, 0.5) is 0 Å². The number of likely N-dealkylation sites (N-methyl/N-ethyl adjacent to an activating group) is 1. The van der Waals surface area contributed by atoms with Crippen molar-refractivity contribution in [2.45, 2.75) is 25.8 Å². The second kappa shape index (κ2) is 6.27. The molecular formula is C16H21N5O. The number of hydrogen-bond acceptors (Lipinski definition) is 4.